The average molecular weight is 326 g/mol. The molecule has 106 valence electrons. The zero-order valence-electron chi connectivity index (χ0n) is 9.97. The van der Waals surface area contributed by atoms with Crippen LogP contribution in [0.3, 0.4) is 0 Å². The van der Waals surface area contributed by atoms with Crippen molar-refractivity contribution in [1.29, 1.82) is 0 Å². The van der Waals surface area contributed by atoms with E-state index in [2.05, 4.69) is 0 Å². The maximum atomic E-state index is 12.5. The number of hydrogen-bond acceptors (Lipinski definition) is 4. The highest BCUT2D eigenvalue weighted by Gasteiger charge is 2.29. The van der Waals surface area contributed by atoms with Gasteiger partial charge in [-0.3, -0.25) is 0 Å². The number of ether oxygens (including phenoxy) is 1. The molecule has 1 aliphatic rings. The summed E-state index contributed by atoms with van der Waals surface area (Å²) < 4.78 is 31.4. The summed E-state index contributed by atoms with van der Waals surface area (Å²) in [6.07, 6.45) is 0. The topological polar surface area (TPSA) is 66.8 Å². The molecule has 1 N–H and O–H groups in total. The van der Waals surface area contributed by atoms with Crippen molar-refractivity contribution in [2.45, 2.75) is 11.5 Å². The Balaban J connectivity index is 2.47. The van der Waals surface area contributed by atoms with Gasteiger partial charge in [0.05, 0.1) is 24.8 Å². The van der Waals surface area contributed by atoms with Gasteiger partial charge in [-0.1, -0.05) is 23.2 Å². The van der Waals surface area contributed by atoms with Crippen LogP contribution in [0.1, 0.15) is 5.56 Å². The molecule has 0 aromatic heterocycles. The van der Waals surface area contributed by atoms with Crippen LogP contribution in [0.15, 0.2) is 17.0 Å². The van der Waals surface area contributed by atoms with Crippen molar-refractivity contribution in [2.24, 2.45) is 0 Å². The summed E-state index contributed by atoms with van der Waals surface area (Å²) >= 11 is 11.9. The Hall–Kier alpha value is -0.370. The second-order valence-corrected chi connectivity index (χ2v) is 6.77. The van der Waals surface area contributed by atoms with Gasteiger partial charge < -0.3 is 9.84 Å². The second kappa shape index (κ2) is 5.95. The Labute approximate surface area is 121 Å². The van der Waals surface area contributed by atoms with Gasteiger partial charge in [0.1, 0.15) is 4.90 Å². The van der Waals surface area contributed by atoms with Crippen molar-refractivity contribution in [3.8, 4) is 0 Å². The van der Waals surface area contributed by atoms with E-state index >= 15 is 0 Å². The molecule has 0 amide bonds. The summed E-state index contributed by atoms with van der Waals surface area (Å²) in [6, 6.07) is 2.75. The third-order valence-electron chi connectivity index (χ3n) is 2.84. The fraction of sp³-hybridized carbons (Fsp3) is 0.455. The number of benzene rings is 1. The van der Waals surface area contributed by atoms with E-state index in [1.165, 1.54) is 16.4 Å². The number of sulfonamides is 1. The molecule has 1 fully saturated rings. The van der Waals surface area contributed by atoms with Crippen LogP contribution in [0.2, 0.25) is 10.0 Å². The van der Waals surface area contributed by atoms with Crippen molar-refractivity contribution in [3.63, 3.8) is 0 Å². The van der Waals surface area contributed by atoms with Crippen molar-refractivity contribution in [1.82, 2.24) is 4.31 Å². The first kappa shape index (κ1) is 15.0. The van der Waals surface area contributed by atoms with Crippen LogP contribution in [0, 0.1) is 0 Å². The highest BCUT2D eigenvalue weighted by atomic mass is 35.5. The summed E-state index contributed by atoms with van der Waals surface area (Å²) in [5.41, 5.74) is 0.293. The van der Waals surface area contributed by atoms with Crippen molar-refractivity contribution >= 4 is 33.2 Å². The maximum Gasteiger partial charge on any atom is 0.244 e. The summed E-state index contributed by atoms with van der Waals surface area (Å²) in [5, 5.41) is 9.41. The van der Waals surface area contributed by atoms with Crippen LogP contribution in [0.25, 0.3) is 0 Å². The summed E-state index contributed by atoms with van der Waals surface area (Å²) in [5.74, 6) is 0. The van der Waals surface area contributed by atoms with Crippen LogP contribution in [-0.2, 0) is 21.4 Å². The molecule has 0 radical (unpaired) electrons. The normalized spacial score (nSPS) is 17.6. The van der Waals surface area contributed by atoms with Crippen molar-refractivity contribution in [2.75, 3.05) is 26.3 Å². The molecular weight excluding hydrogens is 313 g/mol. The van der Waals surface area contributed by atoms with E-state index in [0.29, 0.717) is 18.8 Å². The van der Waals surface area contributed by atoms with E-state index in [4.69, 9.17) is 27.9 Å². The molecule has 0 atom stereocenters. The molecule has 1 heterocycles. The smallest absolute Gasteiger partial charge is 0.244 e. The SMILES string of the molecule is O=S(=O)(c1cc(Cl)cc(CO)c1Cl)N1CCOCC1. The van der Waals surface area contributed by atoms with E-state index in [-0.39, 0.29) is 34.6 Å². The number of morpholine rings is 1. The summed E-state index contributed by atoms with van der Waals surface area (Å²) in [4.78, 5) is -0.0763. The fourth-order valence-corrected chi connectivity index (χ4v) is 4.16. The monoisotopic (exact) mass is 325 g/mol. The standard InChI is InChI=1S/C11H13Cl2NO4S/c12-9-5-8(7-15)11(13)10(6-9)19(16,17)14-1-3-18-4-2-14/h5-6,15H,1-4,7H2. The molecule has 0 saturated carbocycles. The number of aliphatic hydroxyl groups excluding tert-OH is 1. The molecule has 0 bridgehead atoms. The minimum Gasteiger partial charge on any atom is -0.392 e. The Morgan fingerprint density at radius 1 is 1.26 bits per heavy atom. The highest BCUT2D eigenvalue weighted by molar-refractivity contribution is 7.89. The number of rotatable bonds is 3. The van der Waals surface area contributed by atoms with Crippen LogP contribution in [0.5, 0.6) is 0 Å². The van der Waals surface area contributed by atoms with Gasteiger partial charge in [0, 0.05) is 18.1 Å². The minimum atomic E-state index is -3.72. The molecule has 19 heavy (non-hydrogen) atoms. The van der Waals surface area contributed by atoms with E-state index in [9.17, 15) is 13.5 Å². The first-order chi connectivity index (χ1) is 8.96. The number of hydrogen-bond donors (Lipinski definition) is 1. The van der Waals surface area contributed by atoms with Gasteiger partial charge in [-0.2, -0.15) is 4.31 Å². The third-order valence-corrected chi connectivity index (χ3v) is 5.54. The van der Waals surface area contributed by atoms with Crippen LogP contribution < -0.4 is 0 Å². The third kappa shape index (κ3) is 3.04. The van der Waals surface area contributed by atoms with E-state index < -0.39 is 10.0 Å². The molecule has 0 spiro atoms. The Kier molecular flexibility index (Phi) is 4.70. The predicted molar refractivity (Wildman–Crippen MR) is 72.0 cm³/mol. The molecule has 1 aliphatic heterocycles. The first-order valence-corrected chi connectivity index (χ1v) is 7.83. The van der Waals surface area contributed by atoms with Gasteiger partial charge in [0.25, 0.3) is 0 Å². The lowest BCUT2D eigenvalue weighted by Gasteiger charge is -2.26. The van der Waals surface area contributed by atoms with Gasteiger partial charge in [-0.15, -0.1) is 0 Å². The van der Waals surface area contributed by atoms with Crippen molar-refractivity contribution in [3.05, 3.63) is 27.7 Å². The number of halogens is 2. The molecule has 1 aromatic rings. The Morgan fingerprint density at radius 2 is 1.89 bits per heavy atom. The molecule has 0 unspecified atom stereocenters. The summed E-state index contributed by atoms with van der Waals surface area (Å²) in [7, 11) is -3.72. The molecule has 1 aromatic carbocycles. The lowest BCUT2D eigenvalue weighted by Crippen LogP contribution is -2.40. The first-order valence-electron chi connectivity index (χ1n) is 5.63. The van der Waals surface area contributed by atoms with Gasteiger partial charge in [-0.25, -0.2) is 8.42 Å². The zero-order chi connectivity index (χ0) is 14.0. The Morgan fingerprint density at radius 3 is 2.47 bits per heavy atom. The average Bonchev–Trinajstić information content (AvgIpc) is 2.41. The van der Waals surface area contributed by atoms with Crippen LogP contribution in [-0.4, -0.2) is 44.1 Å². The molecule has 0 aliphatic carbocycles. The van der Waals surface area contributed by atoms with Gasteiger partial charge in [0.2, 0.25) is 10.0 Å². The predicted octanol–water partition coefficient (Wildman–Crippen LogP) is 1.51. The maximum absolute atomic E-state index is 12.5. The molecular formula is C11H13Cl2NO4S. The molecule has 8 heteroatoms. The number of aliphatic hydroxyl groups is 1. The van der Waals surface area contributed by atoms with E-state index in [0.717, 1.165) is 0 Å². The summed E-state index contributed by atoms with van der Waals surface area (Å²) in [6.45, 7) is 0.888. The zero-order valence-corrected chi connectivity index (χ0v) is 12.3. The minimum absolute atomic E-state index is 0.0124. The van der Waals surface area contributed by atoms with Crippen molar-refractivity contribution < 1.29 is 18.3 Å². The van der Waals surface area contributed by atoms with E-state index in [1.807, 2.05) is 0 Å². The van der Waals surface area contributed by atoms with Crippen LogP contribution in [0.4, 0.5) is 0 Å². The lowest BCUT2D eigenvalue weighted by atomic mass is 10.2. The van der Waals surface area contributed by atoms with Gasteiger partial charge in [0.15, 0.2) is 0 Å². The molecule has 2 rings (SSSR count). The lowest BCUT2D eigenvalue weighted by molar-refractivity contribution is 0.0730. The van der Waals surface area contributed by atoms with Gasteiger partial charge in [-0.05, 0) is 17.7 Å². The number of nitrogens with zero attached hydrogens (tertiary/aromatic N) is 1. The fourth-order valence-electron chi connectivity index (χ4n) is 1.85. The molecule has 1 saturated heterocycles. The highest BCUT2D eigenvalue weighted by Crippen LogP contribution is 2.31. The second-order valence-electron chi connectivity index (χ2n) is 4.05. The van der Waals surface area contributed by atoms with E-state index in [1.54, 1.807) is 0 Å². The molecule has 5 nitrogen and oxygen atoms in total. The quantitative estimate of drug-likeness (QED) is 0.914. The van der Waals surface area contributed by atoms with Crippen LogP contribution >= 0.6 is 23.2 Å². The largest absolute Gasteiger partial charge is 0.392 e. The van der Waals surface area contributed by atoms with Gasteiger partial charge >= 0.3 is 0 Å². The Bertz CT molecular complexity index is 570.